The molecule has 0 radical (unpaired) electrons. The van der Waals surface area contributed by atoms with E-state index in [1.165, 1.54) is 17.3 Å². The average molecular weight is 281 g/mol. The minimum Gasteiger partial charge on any atom is -0.480 e. The maximum absolute atomic E-state index is 11.2. The number of aliphatic carboxylic acids is 1. The van der Waals surface area contributed by atoms with Gasteiger partial charge in [-0.05, 0) is 24.1 Å². The predicted molar refractivity (Wildman–Crippen MR) is 80.6 cm³/mol. The number of thioether (sulfide) groups is 1. The molecule has 0 fully saturated rings. The number of carboxylic acids is 1. The Hall–Kier alpha value is -1.00. The van der Waals surface area contributed by atoms with Gasteiger partial charge in [0.05, 0.1) is 0 Å². The molecule has 0 aromatic heterocycles. The Labute approximate surface area is 119 Å². The van der Waals surface area contributed by atoms with Gasteiger partial charge in [-0.25, -0.2) is 0 Å². The van der Waals surface area contributed by atoms with Crippen molar-refractivity contribution >= 4 is 17.7 Å². The molecule has 0 spiro atoms. The largest absolute Gasteiger partial charge is 0.480 e. The van der Waals surface area contributed by atoms with Crippen LogP contribution in [0.4, 0.5) is 0 Å². The van der Waals surface area contributed by atoms with Crippen LogP contribution in [0.1, 0.15) is 39.2 Å². The topological polar surface area (TPSA) is 49.3 Å². The van der Waals surface area contributed by atoms with E-state index in [1.807, 2.05) is 19.1 Å². The summed E-state index contributed by atoms with van der Waals surface area (Å²) in [6.07, 6.45) is 1.59. The minimum atomic E-state index is -0.724. The Balaban J connectivity index is 2.67. The SMILES string of the molecule is CCCC(Sc1cccc(CNC(C)C)c1)C(=O)O. The molecule has 2 N–H and O–H groups in total. The highest BCUT2D eigenvalue weighted by Crippen LogP contribution is 2.27. The van der Waals surface area contributed by atoms with Crippen molar-refractivity contribution in [3.05, 3.63) is 29.8 Å². The van der Waals surface area contributed by atoms with Crippen LogP contribution in [0.25, 0.3) is 0 Å². The summed E-state index contributed by atoms with van der Waals surface area (Å²) in [6, 6.07) is 8.56. The van der Waals surface area contributed by atoms with Gasteiger partial charge in [0.1, 0.15) is 5.25 Å². The summed E-state index contributed by atoms with van der Waals surface area (Å²) in [7, 11) is 0. The normalized spacial score (nSPS) is 12.6. The standard InChI is InChI=1S/C15H23NO2S/c1-4-6-14(15(17)18)19-13-8-5-7-12(9-13)10-16-11(2)3/h5,7-9,11,14,16H,4,6,10H2,1-3H3,(H,17,18). The van der Waals surface area contributed by atoms with Crippen molar-refractivity contribution in [2.24, 2.45) is 0 Å². The lowest BCUT2D eigenvalue weighted by atomic mass is 10.2. The molecule has 0 saturated heterocycles. The number of rotatable bonds is 8. The zero-order valence-electron chi connectivity index (χ0n) is 11.8. The molecular formula is C15H23NO2S. The summed E-state index contributed by atoms with van der Waals surface area (Å²) in [4.78, 5) is 12.2. The van der Waals surface area contributed by atoms with Gasteiger partial charge in [0.15, 0.2) is 0 Å². The van der Waals surface area contributed by atoms with Gasteiger partial charge >= 0.3 is 5.97 Å². The first-order valence-electron chi connectivity index (χ1n) is 6.74. The van der Waals surface area contributed by atoms with Crippen LogP contribution in [-0.2, 0) is 11.3 Å². The zero-order valence-corrected chi connectivity index (χ0v) is 12.7. The molecular weight excluding hydrogens is 258 g/mol. The van der Waals surface area contributed by atoms with Crippen molar-refractivity contribution in [3.63, 3.8) is 0 Å². The fourth-order valence-corrected chi connectivity index (χ4v) is 2.87. The van der Waals surface area contributed by atoms with Crippen LogP contribution >= 0.6 is 11.8 Å². The van der Waals surface area contributed by atoms with Gasteiger partial charge in [-0.15, -0.1) is 11.8 Å². The first kappa shape index (κ1) is 16.1. The summed E-state index contributed by atoms with van der Waals surface area (Å²) < 4.78 is 0. The second kappa shape index (κ2) is 8.23. The van der Waals surface area contributed by atoms with E-state index in [4.69, 9.17) is 0 Å². The Morgan fingerprint density at radius 2 is 2.16 bits per heavy atom. The van der Waals surface area contributed by atoms with Gasteiger partial charge in [0, 0.05) is 17.5 Å². The Morgan fingerprint density at radius 3 is 2.74 bits per heavy atom. The van der Waals surface area contributed by atoms with E-state index in [0.29, 0.717) is 12.5 Å². The zero-order chi connectivity index (χ0) is 14.3. The molecule has 3 nitrogen and oxygen atoms in total. The summed E-state index contributed by atoms with van der Waals surface area (Å²) >= 11 is 1.44. The lowest BCUT2D eigenvalue weighted by Crippen LogP contribution is -2.21. The number of benzene rings is 1. The van der Waals surface area contributed by atoms with Gasteiger partial charge in [0.25, 0.3) is 0 Å². The third-order valence-corrected chi connectivity index (χ3v) is 3.97. The predicted octanol–water partition coefficient (Wildman–Crippen LogP) is 3.53. The van der Waals surface area contributed by atoms with Gasteiger partial charge < -0.3 is 10.4 Å². The smallest absolute Gasteiger partial charge is 0.316 e. The summed E-state index contributed by atoms with van der Waals surface area (Å²) in [5.41, 5.74) is 1.19. The molecule has 0 aliphatic rings. The molecule has 0 aliphatic heterocycles. The molecule has 0 amide bonds. The molecule has 106 valence electrons. The summed E-state index contributed by atoms with van der Waals surface area (Å²) in [6.45, 7) is 7.05. The molecule has 1 rings (SSSR count). The Morgan fingerprint density at radius 1 is 1.42 bits per heavy atom. The van der Waals surface area contributed by atoms with Gasteiger partial charge in [-0.3, -0.25) is 4.79 Å². The van der Waals surface area contributed by atoms with Crippen molar-refractivity contribution in [1.82, 2.24) is 5.32 Å². The van der Waals surface area contributed by atoms with E-state index in [-0.39, 0.29) is 5.25 Å². The number of hydrogen-bond acceptors (Lipinski definition) is 3. The molecule has 0 saturated carbocycles. The average Bonchev–Trinajstić information content (AvgIpc) is 2.36. The number of carbonyl (C=O) groups is 1. The molecule has 0 aliphatic carbocycles. The van der Waals surface area contributed by atoms with E-state index >= 15 is 0 Å². The fourth-order valence-electron chi connectivity index (χ4n) is 1.71. The first-order chi connectivity index (χ1) is 9.02. The van der Waals surface area contributed by atoms with Crippen LogP contribution in [0.5, 0.6) is 0 Å². The van der Waals surface area contributed by atoms with Crippen molar-refractivity contribution in [2.75, 3.05) is 0 Å². The van der Waals surface area contributed by atoms with Crippen LogP contribution in [0, 0.1) is 0 Å². The van der Waals surface area contributed by atoms with E-state index in [2.05, 4.69) is 31.3 Å². The fraction of sp³-hybridized carbons (Fsp3) is 0.533. The molecule has 1 aromatic rings. The van der Waals surface area contributed by atoms with Gasteiger partial charge in [-0.1, -0.05) is 39.3 Å². The highest BCUT2D eigenvalue weighted by molar-refractivity contribution is 8.00. The van der Waals surface area contributed by atoms with Crippen LogP contribution in [-0.4, -0.2) is 22.4 Å². The molecule has 0 heterocycles. The number of hydrogen-bond donors (Lipinski definition) is 2. The summed E-state index contributed by atoms with van der Waals surface area (Å²) in [5.74, 6) is -0.724. The van der Waals surface area contributed by atoms with Crippen LogP contribution in [0.2, 0.25) is 0 Å². The lowest BCUT2D eigenvalue weighted by Gasteiger charge is -2.12. The molecule has 1 unspecified atom stereocenters. The molecule has 19 heavy (non-hydrogen) atoms. The highest BCUT2D eigenvalue weighted by Gasteiger charge is 2.17. The second-order valence-electron chi connectivity index (χ2n) is 4.92. The Bertz CT molecular complexity index is 407. The van der Waals surface area contributed by atoms with Crippen LogP contribution in [0.3, 0.4) is 0 Å². The van der Waals surface area contributed by atoms with Gasteiger partial charge in [-0.2, -0.15) is 0 Å². The maximum atomic E-state index is 11.2. The molecule has 4 heteroatoms. The lowest BCUT2D eigenvalue weighted by molar-refractivity contribution is -0.136. The first-order valence-corrected chi connectivity index (χ1v) is 7.62. The van der Waals surface area contributed by atoms with Crippen molar-refractivity contribution in [3.8, 4) is 0 Å². The third kappa shape index (κ3) is 6.12. The quantitative estimate of drug-likeness (QED) is 0.716. The molecule has 1 atom stereocenters. The van der Waals surface area contributed by atoms with Crippen LogP contribution < -0.4 is 5.32 Å². The van der Waals surface area contributed by atoms with Crippen LogP contribution in [0.15, 0.2) is 29.2 Å². The number of carboxylic acid groups (broad SMARTS) is 1. The summed E-state index contributed by atoms with van der Waals surface area (Å²) in [5, 5.41) is 12.2. The van der Waals surface area contributed by atoms with Crippen molar-refractivity contribution in [2.45, 2.75) is 56.3 Å². The van der Waals surface area contributed by atoms with Crippen molar-refractivity contribution in [1.29, 1.82) is 0 Å². The monoisotopic (exact) mass is 281 g/mol. The molecule has 0 bridgehead atoms. The third-order valence-electron chi connectivity index (χ3n) is 2.72. The second-order valence-corrected chi connectivity index (χ2v) is 6.19. The van der Waals surface area contributed by atoms with E-state index in [9.17, 15) is 9.90 Å². The van der Waals surface area contributed by atoms with E-state index < -0.39 is 5.97 Å². The van der Waals surface area contributed by atoms with Crippen molar-refractivity contribution < 1.29 is 9.90 Å². The van der Waals surface area contributed by atoms with Gasteiger partial charge in [0.2, 0.25) is 0 Å². The molecule has 1 aromatic carbocycles. The Kier molecular flexibility index (Phi) is 6.95. The highest BCUT2D eigenvalue weighted by atomic mass is 32.2. The van der Waals surface area contributed by atoms with E-state index in [1.54, 1.807) is 0 Å². The maximum Gasteiger partial charge on any atom is 0.316 e. The number of nitrogens with one attached hydrogen (secondary N) is 1. The minimum absolute atomic E-state index is 0.349. The van der Waals surface area contributed by atoms with E-state index in [0.717, 1.165) is 17.9 Å².